The Hall–Kier alpha value is -2.98. The Bertz CT molecular complexity index is 1400. The molecule has 46 heavy (non-hydrogen) atoms. The second-order valence-electron chi connectivity index (χ2n) is 13.6. The molecule has 5 heterocycles. The van der Waals surface area contributed by atoms with Crippen molar-refractivity contribution < 1.29 is 30.5 Å². The molecule has 0 amide bonds. The molecule has 4 nitrogen and oxygen atoms in total. The highest BCUT2D eigenvalue weighted by atomic mass is 35.5. The zero-order valence-electron chi connectivity index (χ0n) is 27.9. The fourth-order valence-corrected chi connectivity index (χ4v) is 8.32. The lowest BCUT2D eigenvalue weighted by molar-refractivity contribution is -0.732. The second kappa shape index (κ2) is 17.3. The molecule has 2 atom stereocenters. The van der Waals surface area contributed by atoms with Gasteiger partial charge in [0.05, 0.1) is 43.0 Å². The molecule has 2 bridgehead atoms. The predicted octanol–water partition coefficient (Wildman–Crippen LogP) is 8.23. The van der Waals surface area contributed by atoms with Crippen LogP contribution in [-0.2, 0) is 5.41 Å². The van der Waals surface area contributed by atoms with E-state index in [1.54, 1.807) is 12.5 Å². The minimum Gasteiger partial charge on any atom is -1.00 e. The van der Waals surface area contributed by atoms with Crippen LogP contribution < -0.4 is 21.7 Å². The Morgan fingerprint density at radius 3 is 1.85 bits per heavy atom. The monoisotopic (exact) mass is 643 g/mol. The molecule has 0 spiro atoms. The van der Waals surface area contributed by atoms with E-state index in [1.165, 1.54) is 124 Å². The minimum atomic E-state index is -0.285. The SMILES string of the molecule is CCCCCCCCCCCCCCCCCCOc1cccc2c1C1c3cccc[n+]3C2CC1(c1ccoc1)c1ccoc1.[Cl-]. The van der Waals surface area contributed by atoms with Gasteiger partial charge < -0.3 is 26.0 Å². The van der Waals surface area contributed by atoms with E-state index in [1.807, 2.05) is 12.5 Å². The van der Waals surface area contributed by atoms with Gasteiger partial charge in [0.15, 0.2) is 17.9 Å². The molecule has 0 saturated carbocycles. The molecular formula is C41H54ClNO3. The summed E-state index contributed by atoms with van der Waals surface area (Å²) in [6, 6.07) is 17.8. The molecule has 1 aromatic carbocycles. The smallest absolute Gasteiger partial charge is 0.190 e. The highest BCUT2D eigenvalue weighted by Crippen LogP contribution is 2.61. The average molecular weight is 644 g/mol. The third-order valence-electron chi connectivity index (χ3n) is 10.6. The number of hydrogen-bond acceptors (Lipinski definition) is 3. The Morgan fingerprint density at radius 2 is 1.28 bits per heavy atom. The third kappa shape index (κ3) is 7.43. The summed E-state index contributed by atoms with van der Waals surface area (Å²) in [6.07, 6.45) is 32.7. The van der Waals surface area contributed by atoms with Gasteiger partial charge in [-0.25, -0.2) is 0 Å². The molecule has 3 aromatic heterocycles. The number of ether oxygens (including phenoxy) is 1. The number of halogens is 1. The van der Waals surface area contributed by atoms with E-state index in [4.69, 9.17) is 13.6 Å². The quantitative estimate of drug-likeness (QED) is 0.0719. The summed E-state index contributed by atoms with van der Waals surface area (Å²) in [7, 11) is 0. The lowest BCUT2D eigenvalue weighted by atomic mass is 9.54. The van der Waals surface area contributed by atoms with E-state index >= 15 is 0 Å². The predicted molar refractivity (Wildman–Crippen MR) is 181 cm³/mol. The maximum atomic E-state index is 6.66. The summed E-state index contributed by atoms with van der Waals surface area (Å²) in [6.45, 7) is 3.07. The van der Waals surface area contributed by atoms with Crippen LogP contribution in [0.5, 0.6) is 5.75 Å². The van der Waals surface area contributed by atoms with Crippen LogP contribution >= 0.6 is 0 Å². The standard InChI is InChI=1S/C41H54NO3.ClH/c1-2-3-4-5-6-7-8-9-10-11-12-13-14-15-16-19-27-45-38-23-20-21-35-37-30-41(33-24-28-43-31-33,34-25-29-44-32-34)40(39(35)38)36-22-17-18-26-42(36)37;/h17-18,20-26,28-29,31-32,37,40H,2-16,19,27,30H2,1H3;1H/q+1;/p-1. The average Bonchev–Trinajstić information content (AvgIpc) is 3.82. The molecule has 7 rings (SSSR count). The van der Waals surface area contributed by atoms with Gasteiger partial charge in [0.1, 0.15) is 5.75 Å². The van der Waals surface area contributed by atoms with Crippen LogP contribution in [0.3, 0.4) is 0 Å². The van der Waals surface area contributed by atoms with Gasteiger partial charge in [0, 0.05) is 40.8 Å². The van der Waals surface area contributed by atoms with Crippen molar-refractivity contribution in [2.45, 2.75) is 133 Å². The van der Waals surface area contributed by atoms with Crippen molar-refractivity contribution in [1.29, 1.82) is 0 Å². The number of nitrogens with zero attached hydrogens (tertiary/aromatic N) is 1. The summed E-state index contributed by atoms with van der Waals surface area (Å²) in [5.74, 6) is 1.13. The Labute approximate surface area is 283 Å². The summed E-state index contributed by atoms with van der Waals surface area (Å²) < 4.78 is 20.5. The summed E-state index contributed by atoms with van der Waals surface area (Å²) in [4.78, 5) is 0. The molecule has 2 unspecified atom stereocenters. The van der Waals surface area contributed by atoms with Crippen molar-refractivity contribution in [3.63, 3.8) is 0 Å². The molecular weight excluding hydrogens is 590 g/mol. The molecule has 5 heteroatoms. The van der Waals surface area contributed by atoms with E-state index in [9.17, 15) is 0 Å². The van der Waals surface area contributed by atoms with E-state index in [0.717, 1.165) is 25.2 Å². The first kappa shape index (κ1) is 34.4. The van der Waals surface area contributed by atoms with Gasteiger partial charge in [-0.3, -0.25) is 0 Å². The zero-order chi connectivity index (χ0) is 30.7. The van der Waals surface area contributed by atoms with Gasteiger partial charge in [-0.1, -0.05) is 121 Å². The van der Waals surface area contributed by atoms with Crippen LogP contribution in [0.2, 0.25) is 0 Å². The fraction of sp³-hybridized carbons (Fsp3) is 0.537. The second-order valence-corrected chi connectivity index (χ2v) is 13.6. The number of aromatic nitrogens is 1. The number of hydrogen-bond donors (Lipinski definition) is 0. The molecule has 0 radical (unpaired) electrons. The highest BCUT2D eigenvalue weighted by molar-refractivity contribution is 5.58. The molecule has 2 aliphatic heterocycles. The molecule has 3 aliphatic rings. The maximum absolute atomic E-state index is 6.66. The number of rotatable bonds is 20. The zero-order valence-corrected chi connectivity index (χ0v) is 28.7. The van der Waals surface area contributed by atoms with Gasteiger partial charge in [0.2, 0.25) is 0 Å². The molecule has 248 valence electrons. The largest absolute Gasteiger partial charge is 1.00 e. The van der Waals surface area contributed by atoms with Gasteiger partial charge in [-0.05, 0) is 24.6 Å². The molecule has 1 aliphatic carbocycles. The molecule has 0 saturated heterocycles. The van der Waals surface area contributed by atoms with Gasteiger partial charge in [-0.15, -0.1) is 0 Å². The number of furan rings is 2. The lowest BCUT2D eigenvalue weighted by Crippen LogP contribution is -3.00. The first-order valence-corrected chi connectivity index (χ1v) is 18.2. The summed E-state index contributed by atoms with van der Waals surface area (Å²) in [5, 5.41) is 0. The van der Waals surface area contributed by atoms with Gasteiger partial charge in [0.25, 0.3) is 0 Å². The Morgan fingerprint density at radius 1 is 0.696 bits per heavy atom. The Kier molecular flexibility index (Phi) is 12.9. The van der Waals surface area contributed by atoms with Gasteiger partial charge >= 0.3 is 0 Å². The van der Waals surface area contributed by atoms with E-state index in [2.05, 4.69) is 66.2 Å². The van der Waals surface area contributed by atoms with Crippen molar-refractivity contribution in [3.05, 3.63) is 108 Å². The van der Waals surface area contributed by atoms with Crippen LogP contribution in [0.1, 0.15) is 156 Å². The summed E-state index contributed by atoms with van der Waals surface area (Å²) >= 11 is 0. The van der Waals surface area contributed by atoms with Crippen molar-refractivity contribution in [1.82, 2.24) is 0 Å². The van der Waals surface area contributed by atoms with E-state index in [-0.39, 0.29) is 29.8 Å². The summed E-state index contributed by atoms with van der Waals surface area (Å²) in [5.41, 5.74) is 6.16. The van der Waals surface area contributed by atoms with Crippen LogP contribution in [0.15, 0.2) is 88.6 Å². The van der Waals surface area contributed by atoms with E-state index < -0.39 is 0 Å². The maximum Gasteiger partial charge on any atom is 0.190 e. The van der Waals surface area contributed by atoms with Crippen molar-refractivity contribution >= 4 is 0 Å². The topological polar surface area (TPSA) is 39.4 Å². The first-order chi connectivity index (χ1) is 22.3. The number of benzene rings is 1. The third-order valence-corrected chi connectivity index (χ3v) is 10.6. The van der Waals surface area contributed by atoms with Crippen molar-refractivity contribution in [3.8, 4) is 5.75 Å². The van der Waals surface area contributed by atoms with E-state index in [0.29, 0.717) is 0 Å². The minimum absolute atomic E-state index is 0. The Balaban J connectivity index is 0.00000417. The number of fused-ring (bicyclic) bond motifs is 1. The molecule has 4 aromatic rings. The first-order valence-electron chi connectivity index (χ1n) is 18.2. The number of pyridine rings is 1. The van der Waals surface area contributed by atoms with Crippen LogP contribution in [0.25, 0.3) is 0 Å². The van der Waals surface area contributed by atoms with Crippen LogP contribution in [0.4, 0.5) is 0 Å². The van der Waals surface area contributed by atoms with Crippen LogP contribution in [0, 0.1) is 0 Å². The van der Waals surface area contributed by atoms with Crippen molar-refractivity contribution in [2.75, 3.05) is 6.61 Å². The normalized spacial score (nSPS) is 17.3. The van der Waals surface area contributed by atoms with Crippen molar-refractivity contribution in [2.24, 2.45) is 0 Å². The number of unbranched alkanes of at least 4 members (excludes halogenated alkanes) is 15. The van der Waals surface area contributed by atoms with Gasteiger partial charge in [-0.2, -0.15) is 4.57 Å². The van der Waals surface area contributed by atoms with Crippen LogP contribution in [-0.4, -0.2) is 6.61 Å². The molecule has 0 fully saturated rings. The lowest BCUT2D eigenvalue weighted by Gasteiger charge is -2.48. The highest BCUT2D eigenvalue weighted by Gasteiger charge is 2.61. The molecule has 0 N–H and O–H groups in total. The fourth-order valence-electron chi connectivity index (χ4n) is 8.32.